The zero-order valence-corrected chi connectivity index (χ0v) is 43.5. The summed E-state index contributed by atoms with van der Waals surface area (Å²) in [6, 6.07) is 21.2. The molecule has 0 aliphatic carbocycles. The molecule has 2 aromatic carbocycles. The molecule has 0 N–H and O–H groups in total. The highest BCUT2D eigenvalue weighted by Gasteiger charge is 2.53. The lowest BCUT2D eigenvalue weighted by Gasteiger charge is -2.45. The van der Waals surface area contributed by atoms with Crippen LogP contribution in [-0.4, -0.2) is 74.2 Å². The summed E-state index contributed by atoms with van der Waals surface area (Å²) in [5.74, 6) is -0.944. The summed E-state index contributed by atoms with van der Waals surface area (Å²) < 4.78 is 32.5. The van der Waals surface area contributed by atoms with E-state index in [1.54, 1.807) is 18.1 Å². The second kappa shape index (κ2) is 23.8. The molecule has 1 fully saturated rings. The van der Waals surface area contributed by atoms with Crippen molar-refractivity contribution >= 4 is 30.8 Å². The van der Waals surface area contributed by atoms with Gasteiger partial charge in [-0.15, -0.1) is 0 Å². The molecule has 2 heterocycles. The Morgan fingerprint density at radius 2 is 1.35 bits per heavy atom. The van der Waals surface area contributed by atoms with Gasteiger partial charge in [-0.05, 0) is 84.1 Å². The number of nitrogens with zero attached hydrogens (tertiary/aromatic N) is 1. The SMILES string of the molecule is CO[C@H]1C\C=C(C)/C=C/C(C)=C\C=C\C(=O)O[C@@H]([C@@H](C)[C@@H]2OC(C)(C)N(C(=O)OC(C)(C)C)[C@@H]2C)[C@H](C)/C=C/C(C)=C/C=C/C=C/[C@@H](O[Si](c2ccccc2)(c2ccccc2)C(C)(C)C)C1. The van der Waals surface area contributed by atoms with Crippen LogP contribution in [0.15, 0.2) is 156 Å². The summed E-state index contributed by atoms with van der Waals surface area (Å²) in [5.41, 5.74) is 1.50. The molecule has 0 bridgehead atoms. The molecule has 2 aliphatic rings. The zero-order chi connectivity index (χ0) is 48.9. The summed E-state index contributed by atoms with van der Waals surface area (Å²) in [6.07, 6.45) is 25.5. The van der Waals surface area contributed by atoms with Crippen LogP contribution in [-0.2, 0) is 28.2 Å². The first-order valence-electron chi connectivity index (χ1n) is 23.6. The minimum atomic E-state index is -2.89. The van der Waals surface area contributed by atoms with Crippen molar-refractivity contribution in [3.63, 3.8) is 0 Å². The maximum atomic E-state index is 13.5. The van der Waals surface area contributed by atoms with Crippen molar-refractivity contribution in [1.29, 1.82) is 0 Å². The Labute approximate surface area is 399 Å². The molecule has 4 rings (SSSR count). The van der Waals surface area contributed by atoms with Gasteiger partial charge in [0.25, 0.3) is 8.32 Å². The van der Waals surface area contributed by atoms with E-state index in [4.69, 9.17) is 23.4 Å². The lowest BCUT2D eigenvalue weighted by Crippen LogP contribution is -2.67. The second-order valence-electron chi connectivity index (χ2n) is 20.5. The predicted molar refractivity (Wildman–Crippen MR) is 274 cm³/mol. The maximum Gasteiger partial charge on any atom is 0.412 e. The average Bonchev–Trinajstić information content (AvgIpc) is 3.50. The topological polar surface area (TPSA) is 83.5 Å². The van der Waals surface area contributed by atoms with Gasteiger partial charge in [0.2, 0.25) is 0 Å². The van der Waals surface area contributed by atoms with E-state index in [0.29, 0.717) is 12.8 Å². The lowest BCUT2D eigenvalue weighted by molar-refractivity contribution is -0.153. The fourth-order valence-corrected chi connectivity index (χ4v) is 13.6. The van der Waals surface area contributed by atoms with E-state index in [0.717, 1.165) is 16.7 Å². The van der Waals surface area contributed by atoms with Crippen LogP contribution in [0.4, 0.5) is 4.79 Å². The number of esters is 1. The van der Waals surface area contributed by atoms with Crippen molar-refractivity contribution in [3.8, 4) is 0 Å². The lowest BCUT2D eigenvalue weighted by atomic mass is 9.86. The molecule has 66 heavy (non-hydrogen) atoms. The number of allylic oxidation sites excluding steroid dienone is 12. The first kappa shape index (κ1) is 53.8. The molecule has 358 valence electrons. The summed E-state index contributed by atoms with van der Waals surface area (Å²) in [6.45, 7) is 28.4. The van der Waals surface area contributed by atoms with Crippen LogP contribution < -0.4 is 10.4 Å². The van der Waals surface area contributed by atoms with Gasteiger partial charge < -0.3 is 23.4 Å². The van der Waals surface area contributed by atoms with Crippen LogP contribution in [0.2, 0.25) is 5.04 Å². The molecule has 1 saturated heterocycles. The Bertz CT molecular complexity index is 2110. The summed E-state index contributed by atoms with van der Waals surface area (Å²) in [7, 11) is -1.11. The van der Waals surface area contributed by atoms with Crippen molar-refractivity contribution in [2.45, 2.75) is 157 Å². The van der Waals surface area contributed by atoms with E-state index < -0.39 is 43.9 Å². The Kier molecular flexibility index (Phi) is 19.4. The van der Waals surface area contributed by atoms with E-state index in [-0.39, 0.29) is 35.1 Å². The number of cyclic esters (lactones) is 1. The minimum Gasteiger partial charge on any atom is -0.458 e. The third-order valence-corrected chi connectivity index (χ3v) is 17.4. The maximum absolute atomic E-state index is 13.5. The number of hydrogen-bond acceptors (Lipinski definition) is 7. The van der Waals surface area contributed by atoms with Crippen LogP contribution in [0, 0.1) is 11.8 Å². The molecule has 0 saturated carbocycles. The number of carbonyl (C=O) groups is 2. The number of rotatable bonds is 7. The number of benzene rings is 2. The van der Waals surface area contributed by atoms with Crippen molar-refractivity contribution in [1.82, 2.24) is 4.90 Å². The molecular weight excluding hydrogens is 839 g/mol. The summed E-state index contributed by atoms with van der Waals surface area (Å²) in [5, 5.41) is 2.27. The van der Waals surface area contributed by atoms with Crippen molar-refractivity contribution < 1.29 is 33.0 Å². The third kappa shape index (κ3) is 14.8. The molecule has 1 amide bonds. The molecule has 2 aromatic rings. The second-order valence-corrected chi connectivity index (χ2v) is 24.7. The Hall–Kier alpha value is -4.80. The van der Waals surface area contributed by atoms with Gasteiger partial charge in [-0.1, -0.05) is 185 Å². The van der Waals surface area contributed by atoms with Gasteiger partial charge in [0, 0.05) is 31.4 Å². The largest absolute Gasteiger partial charge is 0.458 e. The van der Waals surface area contributed by atoms with Crippen LogP contribution in [0.5, 0.6) is 0 Å². The molecule has 8 nitrogen and oxygen atoms in total. The van der Waals surface area contributed by atoms with E-state index in [2.05, 4.69) is 138 Å². The van der Waals surface area contributed by atoms with Crippen LogP contribution in [0.1, 0.15) is 110 Å². The van der Waals surface area contributed by atoms with Crippen LogP contribution in [0.3, 0.4) is 0 Å². The Morgan fingerprint density at radius 1 is 0.773 bits per heavy atom. The van der Waals surface area contributed by atoms with Gasteiger partial charge in [-0.25, -0.2) is 9.59 Å². The Balaban J connectivity index is 1.74. The average molecular weight is 918 g/mol. The summed E-state index contributed by atoms with van der Waals surface area (Å²) in [4.78, 5) is 28.6. The molecule has 0 spiro atoms. The summed E-state index contributed by atoms with van der Waals surface area (Å²) >= 11 is 0. The molecule has 9 heteroatoms. The fraction of sp³-hybridized carbons (Fsp3) is 0.474. The minimum absolute atomic E-state index is 0.0963. The van der Waals surface area contributed by atoms with E-state index in [9.17, 15) is 9.59 Å². The van der Waals surface area contributed by atoms with Gasteiger partial charge >= 0.3 is 12.1 Å². The van der Waals surface area contributed by atoms with E-state index >= 15 is 0 Å². The molecule has 7 atom stereocenters. The van der Waals surface area contributed by atoms with Crippen LogP contribution in [0.25, 0.3) is 0 Å². The van der Waals surface area contributed by atoms with E-state index in [1.165, 1.54) is 16.4 Å². The quantitative estimate of drug-likeness (QED) is 0.202. The molecule has 2 aliphatic heterocycles. The van der Waals surface area contributed by atoms with Crippen LogP contribution >= 0.6 is 0 Å². The predicted octanol–water partition coefficient (Wildman–Crippen LogP) is 12.3. The number of ether oxygens (including phenoxy) is 4. The smallest absolute Gasteiger partial charge is 0.412 e. The van der Waals surface area contributed by atoms with Gasteiger partial charge in [0.1, 0.15) is 17.4 Å². The number of carbonyl (C=O) groups excluding carboxylic acids is 2. The Morgan fingerprint density at radius 3 is 1.92 bits per heavy atom. The normalized spacial score (nSPS) is 29.5. The third-order valence-electron chi connectivity index (χ3n) is 12.3. The van der Waals surface area contributed by atoms with Gasteiger partial charge in [-0.2, -0.15) is 0 Å². The fourth-order valence-electron chi connectivity index (χ4n) is 8.97. The first-order chi connectivity index (χ1) is 31.0. The number of methoxy groups -OCH3 is 1. The highest BCUT2D eigenvalue weighted by Crippen LogP contribution is 2.40. The molecular formula is C57H79NO7Si. The van der Waals surface area contributed by atoms with Crippen molar-refractivity contribution in [3.05, 3.63) is 156 Å². The molecule has 0 unspecified atom stereocenters. The monoisotopic (exact) mass is 918 g/mol. The number of amides is 1. The first-order valence-corrected chi connectivity index (χ1v) is 25.5. The highest BCUT2D eigenvalue weighted by atomic mass is 28.4. The standard InChI is InChI=1S/C57H79NO7Si/c1-41-26-19-16-20-28-48(65-66(56(10,11)12,49-29-21-17-22-30-49)50-31-23-18-24-32-50)40-47(61-15)39-37-43(3)35-34-42(2)27-25-33-51(59)62-52(44(4)38-36-41)45(5)53-46(6)58(57(13,14)63-53)54(60)64-55(7,8)9/h16-38,44-48,52-53H,39-40H2,1-15H3/b19-16+,28-20+,33-25+,35-34+,38-36+,41-26+,42-27-,43-37-/t44-,45-,46-,47+,48-,52-,53+/m1/s1. The van der Waals surface area contributed by atoms with Crippen molar-refractivity contribution in [2.75, 3.05) is 7.11 Å². The number of hydrogen-bond donors (Lipinski definition) is 0. The zero-order valence-electron chi connectivity index (χ0n) is 42.5. The molecule has 0 aromatic heterocycles. The molecule has 0 radical (unpaired) electrons. The van der Waals surface area contributed by atoms with Gasteiger partial charge in [0.15, 0.2) is 0 Å². The van der Waals surface area contributed by atoms with E-state index in [1.807, 2.05) is 86.6 Å². The van der Waals surface area contributed by atoms with Gasteiger partial charge in [-0.3, -0.25) is 4.90 Å². The van der Waals surface area contributed by atoms with Gasteiger partial charge in [0.05, 0.1) is 24.4 Å². The highest BCUT2D eigenvalue weighted by molar-refractivity contribution is 6.99. The van der Waals surface area contributed by atoms with Crippen molar-refractivity contribution in [2.24, 2.45) is 11.8 Å².